The molecule has 9 aromatic carbocycles. The molecule has 0 saturated carbocycles. The van der Waals surface area contributed by atoms with E-state index >= 15 is 0 Å². The zero-order valence-corrected chi connectivity index (χ0v) is 39.5. The van der Waals surface area contributed by atoms with Gasteiger partial charge in [-0.3, -0.25) is 4.99 Å². The van der Waals surface area contributed by atoms with E-state index in [1.807, 2.05) is 6.08 Å². The number of rotatable bonds is 9. The molecular formula is C65H50N4. The maximum absolute atomic E-state index is 11.6. The van der Waals surface area contributed by atoms with E-state index < -0.39 is 0 Å². The molecule has 0 spiro atoms. The van der Waals surface area contributed by atoms with E-state index in [0.717, 1.165) is 88.4 Å². The average Bonchev–Trinajstić information content (AvgIpc) is 3.87. The van der Waals surface area contributed by atoms with Crippen LogP contribution in [0.1, 0.15) is 40.3 Å². The standard InChI is InChI=1S/C65H50N4/c1-7-45(32-33-67-6)59-39-60(68-61-34-46(51-20-12-8-16-41(51)2)24-28-55(61)56-29-25-47(35-62(56)68)52-21-13-9-17-42(52)3)50(40-66)38-65(59)69-63-36-48(53-22-14-10-18-43(53)4)26-30-57(63)58-31-27-49(37-64(58)69)54-23-15-11-19-44(54)5/h7-39H,6H2,1-5H3/b33-32-,45-7+. The Kier molecular flexibility index (Phi) is 10.8. The summed E-state index contributed by atoms with van der Waals surface area (Å²) in [6.45, 7) is 14.5. The van der Waals surface area contributed by atoms with Gasteiger partial charge in [-0.05, 0) is 156 Å². The smallest absolute Gasteiger partial charge is 0.101 e. The highest BCUT2D eigenvalue weighted by Gasteiger charge is 2.24. The first-order valence-electron chi connectivity index (χ1n) is 23.5. The Bertz CT molecular complexity index is 3790. The van der Waals surface area contributed by atoms with Gasteiger partial charge in [0.05, 0.1) is 39.0 Å². The minimum absolute atomic E-state index is 0.552. The van der Waals surface area contributed by atoms with E-state index in [2.05, 4.69) is 250 Å². The molecule has 0 unspecified atom stereocenters. The molecule has 69 heavy (non-hydrogen) atoms. The molecular weight excluding hydrogens is 837 g/mol. The van der Waals surface area contributed by atoms with Gasteiger partial charge in [0.2, 0.25) is 0 Å². The Balaban J connectivity index is 1.27. The zero-order chi connectivity index (χ0) is 47.3. The summed E-state index contributed by atoms with van der Waals surface area (Å²) in [7, 11) is 0. The normalized spacial score (nSPS) is 11.9. The molecule has 0 atom stereocenters. The first-order valence-corrected chi connectivity index (χ1v) is 23.5. The van der Waals surface area contributed by atoms with Gasteiger partial charge in [0.25, 0.3) is 0 Å². The van der Waals surface area contributed by atoms with Gasteiger partial charge in [-0.25, -0.2) is 0 Å². The molecule has 2 aromatic heterocycles. The van der Waals surface area contributed by atoms with Crippen LogP contribution in [-0.4, -0.2) is 15.9 Å². The molecule has 0 aliphatic rings. The third-order valence-corrected chi connectivity index (χ3v) is 14.1. The van der Waals surface area contributed by atoms with E-state index in [4.69, 9.17) is 0 Å². The summed E-state index contributed by atoms with van der Waals surface area (Å²) in [6, 6.07) is 68.4. The van der Waals surface area contributed by atoms with Crippen molar-refractivity contribution in [2.24, 2.45) is 4.99 Å². The van der Waals surface area contributed by atoms with Gasteiger partial charge in [0, 0.05) is 33.3 Å². The molecule has 4 nitrogen and oxygen atoms in total. The van der Waals surface area contributed by atoms with Crippen molar-refractivity contribution >= 4 is 55.9 Å². The Morgan fingerprint density at radius 1 is 0.464 bits per heavy atom. The zero-order valence-electron chi connectivity index (χ0n) is 39.5. The van der Waals surface area contributed by atoms with E-state index in [1.54, 1.807) is 6.20 Å². The lowest BCUT2D eigenvalue weighted by Crippen LogP contribution is -2.05. The summed E-state index contributed by atoms with van der Waals surface area (Å²) in [5.74, 6) is 0. The van der Waals surface area contributed by atoms with Crippen LogP contribution in [0.15, 0.2) is 205 Å². The highest BCUT2D eigenvalue weighted by molar-refractivity contribution is 6.13. The summed E-state index contributed by atoms with van der Waals surface area (Å²) in [4.78, 5) is 4.19. The van der Waals surface area contributed by atoms with Gasteiger partial charge in [-0.1, -0.05) is 152 Å². The third kappa shape index (κ3) is 7.28. The number of hydrogen-bond acceptors (Lipinski definition) is 2. The number of aliphatic imine (C=N–C) groups is 1. The predicted molar refractivity (Wildman–Crippen MR) is 293 cm³/mol. The van der Waals surface area contributed by atoms with Crippen molar-refractivity contribution in [1.29, 1.82) is 5.26 Å². The topological polar surface area (TPSA) is 46.0 Å². The average molecular weight is 887 g/mol. The fourth-order valence-electron chi connectivity index (χ4n) is 10.6. The monoisotopic (exact) mass is 886 g/mol. The van der Waals surface area contributed by atoms with Gasteiger partial charge < -0.3 is 9.13 Å². The molecule has 11 rings (SSSR count). The number of allylic oxidation sites excluding steroid dienone is 3. The number of aryl methyl sites for hydroxylation is 4. The Morgan fingerprint density at radius 3 is 1.13 bits per heavy atom. The first-order chi connectivity index (χ1) is 33.8. The summed E-state index contributed by atoms with van der Waals surface area (Å²) >= 11 is 0. The van der Waals surface area contributed by atoms with Gasteiger partial charge in [-0.2, -0.15) is 5.26 Å². The van der Waals surface area contributed by atoms with Crippen LogP contribution in [0.3, 0.4) is 0 Å². The molecule has 0 N–H and O–H groups in total. The number of nitrogens with zero attached hydrogens (tertiary/aromatic N) is 4. The Hall–Kier alpha value is -8.78. The van der Waals surface area contributed by atoms with Crippen LogP contribution in [0.4, 0.5) is 0 Å². The molecule has 330 valence electrons. The summed E-state index contributed by atoms with van der Waals surface area (Å²) in [5, 5.41) is 16.1. The van der Waals surface area contributed by atoms with Crippen LogP contribution in [0.2, 0.25) is 0 Å². The van der Waals surface area contributed by atoms with Crippen LogP contribution in [-0.2, 0) is 0 Å². The fourth-order valence-corrected chi connectivity index (χ4v) is 10.6. The second-order valence-electron chi connectivity index (χ2n) is 18.1. The molecule has 0 amide bonds. The third-order valence-electron chi connectivity index (χ3n) is 14.1. The minimum atomic E-state index is 0.552. The van der Waals surface area contributed by atoms with Crippen LogP contribution >= 0.6 is 0 Å². The van der Waals surface area contributed by atoms with Gasteiger partial charge in [0.15, 0.2) is 0 Å². The van der Waals surface area contributed by atoms with Gasteiger partial charge in [0.1, 0.15) is 6.07 Å². The molecule has 0 radical (unpaired) electrons. The molecule has 11 aromatic rings. The van der Waals surface area contributed by atoms with Crippen molar-refractivity contribution in [3.8, 4) is 62.0 Å². The second-order valence-corrected chi connectivity index (χ2v) is 18.1. The predicted octanol–water partition coefficient (Wildman–Crippen LogP) is 17.3. The lowest BCUT2D eigenvalue weighted by Gasteiger charge is -2.20. The highest BCUT2D eigenvalue weighted by atomic mass is 15.0. The Labute approximate surface area is 403 Å². The van der Waals surface area contributed by atoms with Gasteiger partial charge in [-0.15, -0.1) is 0 Å². The lowest BCUT2D eigenvalue weighted by atomic mass is 9.97. The molecule has 0 aliphatic heterocycles. The SMILES string of the molecule is C=N/C=C\C(=C/C)c1cc(-n2c3cc(-c4ccccc4C)ccc3c3ccc(-c4ccccc4C)cc32)c(C#N)cc1-n1c2cc(-c3ccccc3C)ccc2c2ccc(-c3ccccc3C)cc21. The van der Waals surface area contributed by atoms with Crippen molar-refractivity contribution in [3.63, 3.8) is 0 Å². The van der Waals surface area contributed by atoms with Crippen molar-refractivity contribution in [2.75, 3.05) is 0 Å². The van der Waals surface area contributed by atoms with Crippen LogP contribution < -0.4 is 0 Å². The quantitative estimate of drug-likeness (QED) is 0.105. The van der Waals surface area contributed by atoms with Crippen molar-refractivity contribution in [1.82, 2.24) is 9.13 Å². The van der Waals surface area contributed by atoms with Gasteiger partial charge >= 0.3 is 0 Å². The number of aromatic nitrogens is 2. The maximum Gasteiger partial charge on any atom is 0.101 e. The Morgan fingerprint density at radius 2 is 0.812 bits per heavy atom. The largest absolute Gasteiger partial charge is 0.309 e. The summed E-state index contributed by atoms with van der Waals surface area (Å²) < 4.78 is 4.70. The lowest BCUT2D eigenvalue weighted by molar-refractivity contribution is 1.13. The second kappa shape index (κ2) is 17.5. The van der Waals surface area contributed by atoms with E-state index in [0.29, 0.717) is 5.56 Å². The molecule has 0 bridgehead atoms. The fraction of sp³-hybridized carbons (Fsp3) is 0.0769. The van der Waals surface area contributed by atoms with E-state index in [-0.39, 0.29) is 0 Å². The highest BCUT2D eigenvalue weighted by Crippen LogP contribution is 2.43. The van der Waals surface area contributed by atoms with E-state index in [1.165, 1.54) is 44.5 Å². The number of hydrogen-bond donors (Lipinski definition) is 0. The molecule has 0 fully saturated rings. The van der Waals surface area contributed by atoms with Crippen LogP contribution in [0.5, 0.6) is 0 Å². The van der Waals surface area contributed by atoms with E-state index in [9.17, 15) is 5.26 Å². The number of nitriles is 1. The minimum Gasteiger partial charge on any atom is -0.309 e. The summed E-state index contributed by atoms with van der Waals surface area (Å²) in [5.41, 5.74) is 22.3. The van der Waals surface area contributed by atoms with Crippen LogP contribution in [0.25, 0.3) is 105 Å². The molecule has 0 aliphatic carbocycles. The molecule has 4 heteroatoms. The van der Waals surface area contributed by atoms with Crippen molar-refractivity contribution in [2.45, 2.75) is 34.6 Å². The number of benzene rings is 9. The maximum atomic E-state index is 11.6. The van der Waals surface area contributed by atoms with Crippen molar-refractivity contribution in [3.05, 3.63) is 234 Å². The number of fused-ring (bicyclic) bond motifs is 6. The summed E-state index contributed by atoms with van der Waals surface area (Å²) in [6.07, 6.45) is 5.89. The van der Waals surface area contributed by atoms with Crippen molar-refractivity contribution < 1.29 is 0 Å². The van der Waals surface area contributed by atoms with Crippen LogP contribution in [0, 0.1) is 39.0 Å². The molecule has 0 saturated heterocycles. The first kappa shape index (κ1) is 42.8. The molecule has 2 heterocycles.